The number of hydrogen-bond donors (Lipinski definition) is 3. The predicted octanol–water partition coefficient (Wildman–Crippen LogP) is 10.2. The number of rotatable bonds is 33. The molecular formula is C40H69O9P. The first-order valence-electron chi connectivity index (χ1n) is 19.0. The van der Waals surface area contributed by atoms with Gasteiger partial charge in [-0.3, -0.25) is 14.1 Å². The van der Waals surface area contributed by atoms with Gasteiger partial charge in [-0.2, -0.15) is 0 Å². The zero-order valence-corrected chi connectivity index (χ0v) is 32.2. The number of hydrogen-bond acceptors (Lipinski definition) is 7. The number of carbonyl (C=O) groups is 2. The molecular weight excluding hydrogens is 655 g/mol. The molecule has 2 atom stereocenters. The summed E-state index contributed by atoms with van der Waals surface area (Å²) in [4.78, 5) is 42.7. The molecule has 0 unspecified atom stereocenters. The Kier molecular flexibility index (Phi) is 32.3. The molecule has 0 aliphatic rings. The average molecular weight is 725 g/mol. The normalized spacial score (nSPS) is 13.9. The fraction of sp³-hybridized carbons (Fsp3) is 0.700. The molecule has 0 rings (SSSR count). The number of unbranched alkanes of at least 4 members (excludes halogenated alkanes) is 11. The molecule has 0 fully saturated rings. The molecule has 288 valence electrons. The van der Waals surface area contributed by atoms with Crippen molar-refractivity contribution in [3.8, 4) is 0 Å². The van der Waals surface area contributed by atoms with E-state index in [2.05, 4.69) is 42.7 Å². The van der Waals surface area contributed by atoms with Gasteiger partial charge in [0.2, 0.25) is 0 Å². The van der Waals surface area contributed by atoms with Gasteiger partial charge in [-0.05, 0) is 50.9 Å². The van der Waals surface area contributed by atoms with E-state index in [0.29, 0.717) is 25.7 Å². The van der Waals surface area contributed by atoms with Crippen molar-refractivity contribution in [3.63, 3.8) is 0 Å². The lowest BCUT2D eigenvalue weighted by Gasteiger charge is -2.18. The van der Waals surface area contributed by atoms with Crippen LogP contribution in [0.15, 0.2) is 60.8 Å². The predicted molar refractivity (Wildman–Crippen MR) is 203 cm³/mol. The lowest BCUT2D eigenvalue weighted by molar-refractivity contribution is -0.161. The summed E-state index contributed by atoms with van der Waals surface area (Å²) in [5, 5.41) is 9.44. The first-order valence-corrected chi connectivity index (χ1v) is 20.6. The number of ether oxygens (including phenoxy) is 2. The van der Waals surface area contributed by atoms with Crippen LogP contribution < -0.4 is 0 Å². The van der Waals surface area contributed by atoms with Gasteiger partial charge in [0, 0.05) is 12.8 Å². The molecule has 9 nitrogen and oxygen atoms in total. The number of allylic oxidation sites excluding steroid dienone is 9. The summed E-state index contributed by atoms with van der Waals surface area (Å²) in [7, 11) is -4.77. The Hall–Kier alpha value is -2.29. The van der Waals surface area contributed by atoms with E-state index in [4.69, 9.17) is 19.3 Å². The van der Waals surface area contributed by atoms with Gasteiger partial charge in [-0.25, -0.2) is 4.57 Å². The van der Waals surface area contributed by atoms with Crippen LogP contribution >= 0.6 is 7.82 Å². The maximum Gasteiger partial charge on any atom is 0.469 e. The molecule has 0 aromatic heterocycles. The smallest absolute Gasteiger partial charge is 0.462 e. The highest BCUT2D eigenvalue weighted by atomic mass is 31.2. The molecule has 50 heavy (non-hydrogen) atoms. The van der Waals surface area contributed by atoms with Crippen molar-refractivity contribution >= 4 is 19.8 Å². The largest absolute Gasteiger partial charge is 0.469 e. The van der Waals surface area contributed by atoms with E-state index < -0.39 is 32.5 Å². The van der Waals surface area contributed by atoms with E-state index in [1.165, 1.54) is 51.4 Å². The molecule has 0 amide bonds. The van der Waals surface area contributed by atoms with E-state index in [0.717, 1.165) is 44.4 Å². The van der Waals surface area contributed by atoms with Crippen LogP contribution in [-0.4, -0.2) is 52.3 Å². The number of phosphoric acid groups is 1. The summed E-state index contributed by atoms with van der Waals surface area (Å²) in [5.74, 6) is -0.176. The zero-order valence-electron chi connectivity index (χ0n) is 31.3. The lowest BCUT2D eigenvalue weighted by Crippen LogP contribution is -2.29. The highest BCUT2D eigenvalue weighted by Crippen LogP contribution is 2.36. The maximum atomic E-state index is 12.4. The van der Waals surface area contributed by atoms with Gasteiger partial charge < -0.3 is 24.4 Å². The van der Waals surface area contributed by atoms with Crippen molar-refractivity contribution in [1.29, 1.82) is 0 Å². The standard InChI is InChI=1S/C40H69O9P/c1-4-37(41)31-27-23-19-15-11-7-5-6-8-12-16-20-24-28-32-39(42)47-34-38(35-48-50(44,45)46)49-40(43)33-29-25-21-17-13-9-10-14-18-22-26-30-36(2)3/h6-8,11,16,19-20,23,27,31,36-38,41H,4-5,9-10,12-15,17-18,21-22,24-26,28-30,32-35H2,1-3H3,(H2,44,45,46)/b8-6-,11-7-,20-16-,23-19-,31-27+/t37-,38+/m0/s1. The molecule has 0 aliphatic heterocycles. The van der Waals surface area contributed by atoms with Crippen molar-refractivity contribution in [2.75, 3.05) is 13.2 Å². The first kappa shape index (κ1) is 47.7. The third kappa shape index (κ3) is 37.0. The molecule has 0 heterocycles. The Balaban J connectivity index is 4.09. The van der Waals surface area contributed by atoms with Crippen molar-refractivity contribution in [3.05, 3.63) is 60.8 Å². The molecule has 0 aliphatic carbocycles. The molecule has 0 saturated heterocycles. The van der Waals surface area contributed by atoms with Gasteiger partial charge in [-0.1, -0.05) is 152 Å². The van der Waals surface area contributed by atoms with Crippen LogP contribution in [0.1, 0.15) is 149 Å². The molecule has 0 aromatic carbocycles. The van der Waals surface area contributed by atoms with Gasteiger partial charge >= 0.3 is 19.8 Å². The molecule has 0 radical (unpaired) electrons. The molecule has 10 heteroatoms. The fourth-order valence-electron chi connectivity index (χ4n) is 4.90. The van der Waals surface area contributed by atoms with Crippen molar-refractivity contribution in [2.24, 2.45) is 5.92 Å². The van der Waals surface area contributed by atoms with E-state index >= 15 is 0 Å². The number of phosphoric ester groups is 1. The summed E-state index contributed by atoms with van der Waals surface area (Å²) in [6, 6.07) is 0. The zero-order chi connectivity index (χ0) is 37.1. The fourth-order valence-corrected chi connectivity index (χ4v) is 5.26. The van der Waals surface area contributed by atoms with Gasteiger partial charge in [0.1, 0.15) is 6.61 Å². The van der Waals surface area contributed by atoms with Crippen LogP contribution in [0.4, 0.5) is 0 Å². The minimum Gasteiger partial charge on any atom is -0.462 e. The quantitative estimate of drug-likeness (QED) is 0.0198. The minimum atomic E-state index is -4.77. The summed E-state index contributed by atoms with van der Waals surface area (Å²) < 4.78 is 26.2. The van der Waals surface area contributed by atoms with Crippen molar-refractivity contribution in [1.82, 2.24) is 0 Å². The molecule has 0 saturated carbocycles. The number of aliphatic hydroxyl groups is 1. The van der Waals surface area contributed by atoms with Crippen LogP contribution in [0.5, 0.6) is 0 Å². The van der Waals surface area contributed by atoms with Crippen LogP contribution in [0.2, 0.25) is 0 Å². The van der Waals surface area contributed by atoms with E-state index in [1.807, 2.05) is 37.3 Å². The van der Waals surface area contributed by atoms with Crippen LogP contribution in [0.25, 0.3) is 0 Å². The van der Waals surface area contributed by atoms with Crippen LogP contribution in [0, 0.1) is 5.92 Å². The third-order valence-electron chi connectivity index (χ3n) is 7.89. The second kappa shape index (κ2) is 33.8. The van der Waals surface area contributed by atoms with Gasteiger partial charge in [0.15, 0.2) is 6.10 Å². The second-order valence-corrected chi connectivity index (χ2v) is 14.4. The third-order valence-corrected chi connectivity index (χ3v) is 8.37. The first-order chi connectivity index (χ1) is 24.0. The Morgan fingerprint density at radius 3 is 1.74 bits per heavy atom. The Bertz CT molecular complexity index is 1030. The summed E-state index contributed by atoms with van der Waals surface area (Å²) in [5.41, 5.74) is 0. The van der Waals surface area contributed by atoms with Gasteiger partial charge in [0.25, 0.3) is 0 Å². The molecule has 0 bridgehead atoms. The number of esters is 2. The minimum absolute atomic E-state index is 0.173. The summed E-state index contributed by atoms with van der Waals surface area (Å²) in [6.45, 7) is 5.60. The Labute approximate surface area is 303 Å². The van der Waals surface area contributed by atoms with Gasteiger partial charge in [0.05, 0.1) is 12.7 Å². The van der Waals surface area contributed by atoms with Crippen LogP contribution in [0.3, 0.4) is 0 Å². The van der Waals surface area contributed by atoms with Crippen LogP contribution in [-0.2, 0) is 28.2 Å². The average Bonchev–Trinajstić information content (AvgIpc) is 3.07. The highest BCUT2D eigenvalue weighted by Gasteiger charge is 2.22. The van der Waals surface area contributed by atoms with Crippen molar-refractivity contribution in [2.45, 2.75) is 161 Å². The Morgan fingerprint density at radius 2 is 1.18 bits per heavy atom. The number of aliphatic hydroxyl groups excluding tert-OH is 1. The monoisotopic (exact) mass is 724 g/mol. The van der Waals surface area contributed by atoms with Crippen molar-refractivity contribution < 1.29 is 43.0 Å². The summed E-state index contributed by atoms with van der Waals surface area (Å²) >= 11 is 0. The SMILES string of the molecule is CC[C@H](O)/C=C/C=C\C/C=C\C/C=C\C/C=C\CCCC(=O)OC[C@H](COP(=O)(O)O)OC(=O)CCCCCCCCCCCCCC(C)C. The highest BCUT2D eigenvalue weighted by molar-refractivity contribution is 7.46. The number of carbonyl (C=O) groups excluding carboxylic acids is 2. The summed E-state index contributed by atoms with van der Waals surface area (Å²) in [6.07, 6.45) is 37.6. The topological polar surface area (TPSA) is 140 Å². The Morgan fingerprint density at radius 1 is 0.660 bits per heavy atom. The van der Waals surface area contributed by atoms with Gasteiger partial charge in [-0.15, -0.1) is 0 Å². The molecule has 0 aromatic rings. The lowest BCUT2D eigenvalue weighted by atomic mass is 10.0. The maximum absolute atomic E-state index is 12.4. The second-order valence-electron chi connectivity index (χ2n) is 13.2. The van der Waals surface area contributed by atoms with E-state index in [1.54, 1.807) is 6.08 Å². The van der Waals surface area contributed by atoms with E-state index in [-0.39, 0.29) is 25.6 Å². The van der Waals surface area contributed by atoms with E-state index in [9.17, 15) is 19.3 Å². The molecule has 3 N–H and O–H groups in total. The molecule has 0 spiro atoms.